The molecule has 4 rings (SSSR count). The fraction of sp³-hybridized carbons (Fsp3) is 0.267. The van der Waals surface area contributed by atoms with Gasteiger partial charge in [-0.15, -0.1) is 0 Å². The Morgan fingerprint density at radius 1 is 0.865 bits per heavy atom. The summed E-state index contributed by atoms with van der Waals surface area (Å²) in [6.07, 6.45) is 0. The van der Waals surface area contributed by atoms with Crippen LogP contribution in [0, 0.1) is 27.7 Å². The van der Waals surface area contributed by atoms with Crippen molar-refractivity contribution < 1.29 is 19.0 Å². The molecule has 0 aliphatic carbocycles. The molecule has 1 amide bonds. The van der Waals surface area contributed by atoms with Gasteiger partial charge in [-0.1, -0.05) is 36.4 Å². The molecule has 1 heterocycles. The summed E-state index contributed by atoms with van der Waals surface area (Å²) < 4.78 is 18.6. The number of methoxy groups -OCH3 is 2. The standard InChI is InChI=1S/C30H33N3O4/c1-19-8-7-9-20(2)29(19)37-18-23-10-13-25(14-11-23)30(34)31-28-21(3)32-33(22(28)4)17-24-12-15-26(35-5)27(16-24)36-6/h7-16H,17-18H2,1-6H3,(H,31,34). The van der Waals surface area contributed by atoms with Gasteiger partial charge in [0.25, 0.3) is 5.91 Å². The second kappa shape index (κ2) is 11.2. The number of amides is 1. The molecule has 4 aromatic rings. The molecular weight excluding hydrogens is 466 g/mol. The topological polar surface area (TPSA) is 74.6 Å². The predicted molar refractivity (Wildman–Crippen MR) is 145 cm³/mol. The zero-order valence-electron chi connectivity index (χ0n) is 22.2. The molecule has 7 heteroatoms. The summed E-state index contributed by atoms with van der Waals surface area (Å²) in [4.78, 5) is 13.0. The smallest absolute Gasteiger partial charge is 0.255 e. The molecule has 1 aromatic heterocycles. The Morgan fingerprint density at radius 2 is 1.51 bits per heavy atom. The van der Waals surface area contributed by atoms with E-state index in [-0.39, 0.29) is 5.91 Å². The first-order chi connectivity index (χ1) is 17.8. The first kappa shape index (κ1) is 25.8. The number of aromatic nitrogens is 2. The van der Waals surface area contributed by atoms with Crippen LogP contribution in [0.2, 0.25) is 0 Å². The van der Waals surface area contributed by atoms with Crippen molar-refractivity contribution in [3.8, 4) is 17.2 Å². The van der Waals surface area contributed by atoms with E-state index in [1.54, 1.807) is 14.2 Å². The van der Waals surface area contributed by atoms with Gasteiger partial charge in [0, 0.05) is 5.56 Å². The van der Waals surface area contributed by atoms with Crippen LogP contribution in [0.25, 0.3) is 0 Å². The molecule has 0 spiro atoms. The average Bonchev–Trinajstić information content (AvgIpc) is 3.15. The fourth-order valence-corrected chi connectivity index (χ4v) is 4.30. The van der Waals surface area contributed by atoms with Crippen molar-refractivity contribution in [1.29, 1.82) is 0 Å². The predicted octanol–water partition coefficient (Wildman–Crippen LogP) is 6.01. The third-order valence-corrected chi connectivity index (χ3v) is 6.41. The summed E-state index contributed by atoms with van der Waals surface area (Å²) in [5.74, 6) is 2.06. The van der Waals surface area contributed by atoms with E-state index in [2.05, 4.69) is 10.4 Å². The summed E-state index contributed by atoms with van der Waals surface area (Å²) >= 11 is 0. The zero-order chi connectivity index (χ0) is 26.5. The summed E-state index contributed by atoms with van der Waals surface area (Å²) in [5, 5.41) is 7.68. The van der Waals surface area contributed by atoms with E-state index < -0.39 is 0 Å². The highest BCUT2D eigenvalue weighted by Crippen LogP contribution is 2.29. The number of hydrogen-bond donors (Lipinski definition) is 1. The number of aryl methyl sites for hydroxylation is 3. The molecule has 0 saturated carbocycles. The highest BCUT2D eigenvalue weighted by Gasteiger charge is 2.16. The van der Waals surface area contributed by atoms with E-state index in [1.807, 2.05) is 93.0 Å². The number of rotatable bonds is 9. The maximum atomic E-state index is 13.0. The first-order valence-electron chi connectivity index (χ1n) is 12.1. The normalized spacial score (nSPS) is 10.8. The lowest BCUT2D eigenvalue weighted by atomic mass is 10.1. The molecule has 0 aliphatic heterocycles. The maximum absolute atomic E-state index is 13.0. The molecule has 7 nitrogen and oxygen atoms in total. The van der Waals surface area contributed by atoms with Crippen molar-refractivity contribution in [2.45, 2.75) is 40.8 Å². The molecule has 1 N–H and O–H groups in total. The van der Waals surface area contributed by atoms with Crippen molar-refractivity contribution in [3.05, 3.63) is 99.9 Å². The minimum absolute atomic E-state index is 0.181. The number of nitrogens with zero attached hydrogens (tertiary/aromatic N) is 2. The minimum atomic E-state index is -0.181. The number of nitrogens with one attached hydrogen (secondary N) is 1. The molecule has 37 heavy (non-hydrogen) atoms. The Bertz CT molecular complexity index is 1390. The van der Waals surface area contributed by atoms with Gasteiger partial charge in [0.2, 0.25) is 0 Å². The molecule has 0 unspecified atom stereocenters. The number of anilines is 1. The van der Waals surface area contributed by atoms with Crippen LogP contribution < -0.4 is 19.5 Å². The van der Waals surface area contributed by atoms with Gasteiger partial charge >= 0.3 is 0 Å². The van der Waals surface area contributed by atoms with E-state index in [0.29, 0.717) is 35.9 Å². The minimum Gasteiger partial charge on any atom is -0.493 e. The van der Waals surface area contributed by atoms with Crippen LogP contribution >= 0.6 is 0 Å². The number of carbonyl (C=O) groups is 1. The molecule has 0 saturated heterocycles. The van der Waals surface area contributed by atoms with Crippen molar-refractivity contribution in [1.82, 2.24) is 9.78 Å². The third-order valence-electron chi connectivity index (χ3n) is 6.41. The number of carbonyl (C=O) groups excluding carboxylic acids is 1. The van der Waals surface area contributed by atoms with Gasteiger partial charge in [-0.05, 0) is 74.2 Å². The van der Waals surface area contributed by atoms with Crippen LogP contribution in [0.5, 0.6) is 17.2 Å². The van der Waals surface area contributed by atoms with Gasteiger partial charge in [-0.3, -0.25) is 9.48 Å². The SMILES string of the molecule is COc1ccc(Cn2nc(C)c(NC(=O)c3ccc(COc4c(C)cccc4C)cc3)c2C)cc1OC. The Hall–Kier alpha value is -4.26. The van der Waals surface area contributed by atoms with E-state index in [4.69, 9.17) is 14.2 Å². The van der Waals surface area contributed by atoms with Crippen LogP contribution in [-0.4, -0.2) is 29.9 Å². The Kier molecular flexibility index (Phi) is 7.82. The lowest BCUT2D eigenvalue weighted by Gasteiger charge is -2.12. The van der Waals surface area contributed by atoms with Crippen LogP contribution in [0.4, 0.5) is 5.69 Å². The van der Waals surface area contributed by atoms with Gasteiger partial charge in [-0.25, -0.2) is 0 Å². The van der Waals surface area contributed by atoms with Crippen molar-refractivity contribution in [3.63, 3.8) is 0 Å². The first-order valence-corrected chi connectivity index (χ1v) is 12.1. The highest BCUT2D eigenvalue weighted by atomic mass is 16.5. The number of hydrogen-bond acceptors (Lipinski definition) is 5. The van der Waals surface area contributed by atoms with Crippen LogP contribution in [0.1, 0.15) is 44.0 Å². The molecule has 192 valence electrons. The summed E-state index contributed by atoms with van der Waals surface area (Å²) in [7, 11) is 3.23. The molecule has 0 fully saturated rings. The summed E-state index contributed by atoms with van der Waals surface area (Å²) in [6, 6.07) is 19.3. The van der Waals surface area contributed by atoms with E-state index >= 15 is 0 Å². The van der Waals surface area contributed by atoms with E-state index in [0.717, 1.165) is 39.4 Å². The lowest BCUT2D eigenvalue weighted by Crippen LogP contribution is -2.13. The molecular formula is C30H33N3O4. The quantitative estimate of drug-likeness (QED) is 0.305. The average molecular weight is 500 g/mol. The van der Waals surface area contributed by atoms with E-state index in [1.165, 1.54) is 0 Å². The van der Waals surface area contributed by atoms with Crippen LogP contribution in [0.3, 0.4) is 0 Å². The Morgan fingerprint density at radius 3 is 2.16 bits per heavy atom. The Balaban J connectivity index is 1.43. The monoisotopic (exact) mass is 499 g/mol. The summed E-state index contributed by atoms with van der Waals surface area (Å²) in [6.45, 7) is 8.89. The van der Waals surface area contributed by atoms with Crippen molar-refractivity contribution in [2.75, 3.05) is 19.5 Å². The largest absolute Gasteiger partial charge is 0.493 e. The molecule has 0 radical (unpaired) electrons. The maximum Gasteiger partial charge on any atom is 0.255 e. The Labute approximate surface area is 218 Å². The van der Waals surface area contributed by atoms with Gasteiger partial charge in [0.15, 0.2) is 11.5 Å². The summed E-state index contributed by atoms with van der Waals surface area (Å²) in [5.41, 5.74) is 7.13. The molecule has 3 aromatic carbocycles. The molecule has 0 atom stereocenters. The van der Waals surface area contributed by atoms with Gasteiger partial charge in [-0.2, -0.15) is 5.10 Å². The number of benzene rings is 3. The molecule has 0 bridgehead atoms. The van der Waals surface area contributed by atoms with Crippen molar-refractivity contribution >= 4 is 11.6 Å². The highest BCUT2D eigenvalue weighted by molar-refractivity contribution is 6.04. The van der Waals surface area contributed by atoms with Crippen LogP contribution in [-0.2, 0) is 13.2 Å². The van der Waals surface area contributed by atoms with Gasteiger partial charge < -0.3 is 19.5 Å². The van der Waals surface area contributed by atoms with Crippen molar-refractivity contribution in [2.24, 2.45) is 0 Å². The van der Waals surface area contributed by atoms with Crippen LogP contribution in [0.15, 0.2) is 60.7 Å². The number of ether oxygens (including phenoxy) is 3. The fourth-order valence-electron chi connectivity index (χ4n) is 4.30. The van der Waals surface area contributed by atoms with Gasteiger partial charge in [0.1, 0.15) is 12.4 Å². The molecule has 0 aliphatic rings. The van der Waals surface area contributed by atoms with Gasteiger partial charge in [0.05, 0.1) is 37.8 Å². The third kappa shape index (κ3) is 5.77. The second-order valence-corrected chi connectivity index (χ2v) is 9.05. The second-order valence-electron chi connectivity index (χ2n) is 9.05. The number of para-hydroxylation sites is 1. The lowest BCUT2D eigenvalue weighted by molar-refractivity contribution is 0.102. The van der Waals surface area contributed by atoms with E-state index in [9.17, 15) is 4.79 Å². The zero-order valence-corrected chi connectivity index (χ0v) is 22.2.